The molecule has 1 aliphatic heterocycles. The van der Waals surface area contributed by atoms with Crippen molar-refractivity contribution in [3.8, 4) is 0 Å². The summed E-state index contributed by atoms with van der Waals surface area (Å²) < 4.78 is 72.1. The Bertz CT molecular complexity index is 847. The summed E-state index contributed by atoms with van der Waals surface area (Å²) in [6.45, 7) is 1.16. The van der Waals surface area contributed by atoms with Crippen molar-refractivity contribution in [1.82, 2.24) is 4.98 Å². The Morgan fingerprint density at radius 2 is 1.79 bits per heavy atom. The second-order valence-corrected chi connectivity index (χ2v) is 6.31. The fraction of sp³-hybridized carbons (Fsp3) is 0.333. The van der Waals surface area contributed by atoms with Crippen molar-refractivity contribution < 1.29 is 36.2 Å². The summed E-state index contributed by atoms with van der Waals surface area (Å²) >= 11 is 0. The first-order valence-electron chi connectivity index (χ1n) is 8.35. The molecule has 29 heavy (non-hydrogen) atoms. The molecule has 1 saturated heterocycles. The van der Waals surface area contributed by atoms with E-state index in [1.807, 2.05) is 12.1 Å². The first-order valence-corrected chi connectivity index (χ1v) is 8.35. The van der Waals surface area contributed by atoms with Crippen LogP contribution in [0.1, 0.15) is 17.9 Å². The molecule has 2 heterocycles. The number of hydrogen-bond acceptors (Lipinski definition) is 4. The highest BCUT2D eigenvalue weighted by atomic mass is 19.4. The molecule has 0 saturated carbocycles. The van der Waals surface area contributed by atoms with Crippen molar-refractivity contribution in [2.24, 2.45) is 5.73 Å². The van der Waals surface area contributed by atoms with E-state index in [1.165, 1.54) is 0 Å². The number of halogens is 6. The predicted molar refractivity (Wildman–Crippen MR) is 91.8 cm³/mol. The first kappa shape index (κ1) is 22.5. The van der Waals surface area contributed by atoms with Crippen LogP contribution in [-0.4, -0.2) is 41.4 Å². The normalized spacial score (nSPS) is 19.3. The SMILES string of the molecule is N[C@H]1CN(c2cccnc2)CC[C@@H]1c1cc(F)c(F)cc1F.O=C(O)C(F)(F)F. The molecule has 0 unspecified atom stereocenters. The first-order chi connectivity index (χ1) is 13.5. The van der Waals surface area contributed by atoms with Gasteiger partial charge in [-0.1, -0.05) is 0 Å². The van der Waals surface area contributed by atoms with Gasteiger partial charge in [0.1, 0.15) is 5.82 Å². The zero-order chi connectivity index (χ0) is 21.8. The quantitative estimate of drug-likeness (QED) is 0.574. The van der Waals surface area contributed by atoms with Gasteiger partial charge in [0, 0.05) is 37.3 Å². The maximum Gasteiger partial charge on any atom is 0.490 e. The molecule has 158 valence electrons. The van der Waals surface area contributed by atoms with Gasteiger partial charge in [-0.2, -0.15) is 13.2 Å². The van der Waals surface area contributed by atoms with Crippen molar-refractivity contribution in [3.05, 3.63) is 59.7 Å². The topological polar surface area (TPSA) is 79.5 Å². The van der Waals surface area contributed by atoms with Crippen LogP contribution < -0.4 is 10.6 Å². The third-order valence-corrected chi connectivity index (χ3v) is 4.35. The molecular formula is C18H17F6N3O2. The molecule has 2 aromatic rings. The van der Waals surface area contributed by atoms with Gasteiger partial charge in [0.25, 0.3) is 0 Å². The van der Waals surface area contributed by atoms with E-state index in [1.54, 1.807) is 12.4 Å². The van der Waals surface area contributed by atoms with Gasteiger partial charge in [0.15, 0.2) is 11.6 Å². The summed E-state index contributed by atoms with van der Waals surface area (Å²) in [5, 5.41) is 7.12. The van der Waals surface area contributed by atoms with Crippen LogP contribution in [0.5, 0.6) is 0 Å². The van der Waals surface area contributed by atoms with Gasteiger partial charge in [-0.3, -0.25) is 4.98 Å². The molecule has 3 rings (SSSR count). The highest BCUT2D eigenvalue weighted by molar-refractivity contribution is 5.73. The van der Waals surface area contributed by atoms with Gasteiger partial charge >= 0.3 is 12.1 Å². The lowest BCUT2D eigenvalue weighted by atomic mass is 9.85. The molecule has 5 nitrogen and oxygen atoms in total. The maximum atomic E-state index is 13.9. The number of pyridine rings is 1. The average Bonchev–Trinajstić information content (AvgIpc) is 2.65. The molecule has 0 radical (unpaired) electrons. The van der Waals surface area contributed by atoms with Gasteiger partial charge in [0.2, 0.25) is 0 Å². The minimum atomic E-state index is -5.08. The Hall–Kier alpha value is -2.82. The number of benzene rings is 1. The van der Waals surface area contributed by atoms with Gasteiger partial charge < -0.3 is 15.7 Å². The zero-order valence-corrected chi connectivity index (χ0v) is 14.8. The van der Waals surface area contributed by atoms with Crippen LogP contribution in [0.4, 0.5) is 32.0 Å². The number of aromatic nitrogens is 1. The minimum absolute atomic E-state index is 0.150. The number of carbonyl (C=O) groups is 1. The van der Waals surface area contributed by atoms with Crippen LogP contribution in [0.2, 0.25) is 0 Å². The monoisotopic (exact) mass is 421 g/mol. The lowest BCUT2D eigenvalue weighted by Gasteiger charge is -2.38. The van der Waals surface area contributed by atoms with Crippen LogP contribution in [0.15, 0.2) is 36.7 Å². The van der Waals surface area contributed by atoms with E-state index >= 15 is 0 Å². The summed E-state index contributed by atoms with van der Waals surface area (Å²) in [4.78, 5) is 15.0. The number of hydrogen-bond donors (Lipinski definition) is 2. The lowest BCUT2D eigenvalue weighted by molar-refractivity contribution is -0.192. The lowest BCUT2D eigenvalue weighted by Crippen LogP contribution is -2.47. The number of alkyl halides is 3. The Labute approximate surface area is 161 Å². The Kier molecular flexibility index (Phi) is 7.07. The van der Waals surface area contributed by atoms with Gasteiger partial charge in [-0.25, -0.2) is 18.0 Å². The molecule has 1 fully saturated rings. The number of anilines is 1. The van der Waals surface area contributed by atoms with Crippen molar-refractivity contribution in [1.29, 1.82) is 0 Å². The van der Waals surface area contributed by atoms with Gasteiger partial charge in [0.05, 0.1) is 11.9 Å². The number of aliphatic carboxylic acids is 1. The van der Waals surface area contributed by atoms with Crippen LogP contribution >= 0.6 is 0 Å². The molecule has 1 aliphatic rings. The van der Waals surface area contributed by atoms with Crippen molar-refractivity contribution in [3.63, 3.8) is 0 Å². The van der Waals surface area contributed by atoms with Crippen molar-refractivity contribution >= 4 is 11.7 Å². The third-order valence-electron chi connectivity index (χ3n) is 4.35. The molecule has 0 aliphatic carbocycles. The Morgan fingerprint density at radius 1 is 1.17 bits per heavy atom. The minimum Gasteiger partial charge on any atom is -0.475 e. The number of carboxylic acid groups (broad SMARTS) is 1. The van der Waals surface area contributed by atoms with E-state index in [4.69, 9.17) is 15.6 Å². The summed E-state index contributed by atoms with van der Waals surface area (Å²) in [5.74, 6) is -6.05. The van der Waals surface area contributed by atoms with Crippen molar-refractivity contribution in [2.75, 3.05) is 18.0 Å². The number of rotatable bonds is 2. The molecular weight excluding hydrogens is 404 g/mol. The van der Waals surface area contributed by atoms with Crippen LogP contribution in [0.25, 0.3) is 0 Å². The van der Waals surface area contributed by atoms with E-state index < -0.39 is 29.6 Å². The summed E-state index contributed by atoms with van der Waals surface area (Å²) in [6.07, 6.45) is -1.09. The molecule has 1 aromatic heterocycles. The second-order valence-electron chi connectivity index (χ2n) is 6.31. The molecule has 0 bridgehead atoms. The molecule has 3 N–H and O–H groups in total. The summed E-state index contributed by atoms with van der Waals surface area (Å²) in [6, 6.07) is 4.91. The number of nitrogens with two attached hydrogens (primary N) is 1. The Morgan fingerprint density at radius 3 is 2.31 bits per heavy atom. The van der Waals surface area contributed by atoms with Crippen molar-refractivity contribution in [2.45, 2.75) is 24.6 Å². The molecule has 11 heteroatoms. The standard InChI is InChI=1S/C16H16F3N3.C2HF3O2/c17-13-7-15(19)14(18)6-12(13)11-3-5-22(9-16(11)20)10-2-1-4-21-8-10;3-2(4,5)1(6)7/h1-2,4,6-8,11,16H,3,5,9,20H2;(H,6,7)/t11-,16+;/m1./s1. The number of nitrogens with zero attached hydrogens (tertiary/aromatic N) is 2. The molecule has 2 atom stereocenters. The third kappa shape index (κ3) is 5.83. The van der Waals surface area contributed by atoms with Gasteiger partial charge in [-0.05, 0) is 30.2 Å². The highest BCUT2D eigenvalue weighted by Gasteiger charge is 2.38. The van der Waals surface area contributed by atoms with Crippen LogP contribution in [0, 0.1) is 17.5 Å². The van der Waals surface area contributed by atoms with E-state index in [-0.39, 0.29) is 17.5 Å². The second kappa shape index (κ2) is 9.12. The predicted octanol–water partition coefficient (Wildman–Crippen LogP) is 3.45. The van der Waals surface area contributed by atoms with Gasteiger partial charge in [-0.15, -0.1) is 0 Å². The van der Waals surface area contributed by atoms with Crippen LogP contribution in [-0.2, 0) is 4.79 Å². The van der Waals surface area contributed by atoms with Crippen LogP contribution in [0.3, 0.4) is 0 Å². The van der Waals surface area contributed by atoms with E-state index in [9.17, 15) is 26.3 Å². The average molecular weight is 421 g/mol. The fourth-order valence-corrected chi connectivity index (χ4v) is 2.97. The molecule has 0 amide bonds. The Balaban J connectivity index is 0.000000370. The number of piperidine rings is 1. The number of carboxylic acids is 1. The fourth-order valence-electron chi connectivity index (χ4n) is 2.97. The summed E-state index contributed by atoms with van der Waals surface area (Å²) in [5.41, 5.74) is 7.25. The largest absolute Gasteiger partial charge is 0.490 e. The van der Waals surface area contributed by atoms with E-state index in [0.717, 1.165) is 11.8 Å². The van der Waals surface area contributed by atoms with E-state index in [0.29, 0.717) is 25.6 Å². The summed E-state index contributed by atoms with van der Waals surface area (Å²) in [7, 11) is 0. The van der Waals surface area contributed by atoms with E-state index in [2.05, 4.69) is 9.88 Å². The smallest absolute Gasteiger partial charge is 0.475 e. The molecule has 0 spiro atoms. The zero-order valence-electron chi connectivity index (χ0n) is 14.8. The maximum absolute atomic E-state index is 13.9. The molecule has 1 aromatic carbocycles. The highest BCUT2D eigenvalue weighted by Crippen LogP contribution is 2.32.